The van der Waals surface area contributed by atoms with Crippen LogP contribution in [0.2, 0.25) is 0 Å². The van der Waals surface area contributed by atoms with Crippen LogP contribution in [-0.4, -0.2) is 14.9 Å². The van der Waals surface area contributed by atoms with Crippen molar-refractivity contribution in [2.24, 2.45) is 14.1 Å². The quantitative estimate of drug-likeness (QED) is 0.513. The Morgan fingerprint density at radius 2 is 1.62 bits per heavy atom. The molecule has 4 rings (SSSR count). The lowest BCUT2D eigenvalue weighted by molar-refractivity contribution is 0.101. The molecule has 0 bridgehead atoms. The second-order valence-electron chi connectivity index (χ2n) is 6.51. The zero-order valence-electron chi connectivity index (χ0n) is 14.7. The molecular weight excluding hydrogens is 331 g/mol. The highest BCUT2D eigenvalue weighted by Crippen LogP contribution is 2.30. The van der Waals surface area contributed by atoms with Crippen LogP contribution >= 0.6 is 0 Å². The molecule has 0 saturated heterocycles. The zero-order chi connectivity index (χ0) is 18.6. The summed E-state index contributed by atoms with van der Waals surface area (Å²) >= 11 is 0. The lowest BCUT2D eigenvalue weighted by Crippen LogP contribution is -2.20. The number of hydrogen-bond donors (Lipinski definition) is 0. The van der Waals surface area contributed by atoms with Crippen molar-refractivity contribution in [2.75, 3.05) is 0 Å². The Morgan fingerprint density at radius 1 is 0.923 bits per heavy atom. The lowest BCUT2D eigenvalue weighted by atomic mass is 10.0. The standard InChI is InChI=1S/C21H17FN2O2/c1-12(25)14-6-9-19-17(10-14)18-11-16(13-4-7-15(22)8-5-13)21(26)24(3)20(18)23(19)2/h4-11H,1-3H3. The van der Waals surface area contributed by atoms with E-state index in [0.29, 0.717) is 16.7 Å². The van der Waals surface area contributed by atoms with Gasteiger partial charge in [0, 0.05) is 36.0 Å². The number of fused-ring (bicyclic) bond motifs is 3. The molecule has 4 nitrogen and oxygen atoms in total. The molecule has 2 aromatic carbocycles. The number of carbonyl (C=O) groups is 1. The first kappa shape index (κ1) is 16.3. The summed E-state index contributed by atoms with van der Waals surface area (Å²) in [6.07, 6.45) is 0. The normalized spacial score (nSPS) is 11.4. The number of ketones is 1. The number of hydrogen-bond acceptors (Lipinski definition) is 2. The maximum Gasteiger partial charge on any atom is 0.259 e. The molecule has 0 aliphatic rings. The minimum Gasteiger partial charge on any atom is -0.330 e. The van der Waals surface area contributed by atoms with Gasteiger partial charge in [-0.2, -0.15) is 0 Å². The molecule has 0 aliphatic heterocycles. The van der Waals surface area contributed by atoms with Crippen LogP contribution in [0.15, 0.2) is 53.3 Å². The van der Waals surface area contributed by atoms with Crippen molar-refractivity contribution in [2.45, 2.75) is 6.92 Å². The Labute approximate surface area is 149 Å². The predicted octanol–water partition coefficient (Wildman–Crippen LogP) is 4.04. The zero-order valence-corrected chi connectivity index (χ0v) is 14.7. The molecule has 0 aliphatic carbocycles. The largest absolute Gasteiger partial charge is 0.330 e. The molecule has 0 N–H and O–H groups in total. The number of halogens is 1. The molecule has 0 fully saturated rings. The number of aryl methyl sites for hydroxylation is 2. The fraction of sp³-hybridized carbons (Fsp3) is 0.143. The third kappa shape index (κ3) is 2.28. The monoisotopic (exact) mass is 348 g/mol. The molecule has 26 heavy (non-hydrogen) atoms. The van der Waals surface area contributed by atoms with E-state index >= 15 is 0 Å². The summed E-state index contributed by atoms with van der Waals surface area (Å²) in [6.45, 7) is 1.53. The fourth-order valence-corrected chi connectivity index (χ4v) is 3.55. The summed E-state index contributed by atoms with van der Waals surface area (Å²) in [4.78, 5) is 24.6. The highest BCUT2D eigenvalue weighted by atomic mass is 19.1. The smallest absolute Gasteiger partial charge is 0.259 e. The first-order valence-corrected chi connectivity index (χ1v) is 8.27. The fourth-order valence-electron chi connectivity index (χ4n) is 3.55. The summed E-state index contributed by atoms with van der Waals surface area (Å²) in [5.74, 6) is -0.351. The minimum absolute atomic E-state index is 0.00696. The topological polar surface area (TPSA) is 44.0 Å². The van der Waals surface area contributed by atoms with Crippen LogP contribution < -0.4 is 5.56 Å². The molecule has 0 atom stereocenters. The van der Waals surface area contributed by atoms with Gasteiger partial charge in [0.05, 0.1) is 5.52 Å². The van der Waals surface area contributed by atoms with E-state index < -0.39 is 0 Å². The van der Waals surface area contributed by atoms with Crippen LogP contribution in [0.25, 0.3) is 33.1 Å². The number of benzene rings is 2. The van der Waals surface area contributed by atoms with Crippen molar-refractivity contribution in [3.05, 3.63) is 70.3 Å². The number of nitrogens with zero attached hydrogens (tertiary/aromatic N) is 2. The maximum atomic E-state index is 13.2. The van der Waals surface area contributed by atoms with Crippen LogP contribution in [0.3, 0.4) is 0 Å². The van der Waals surface area contributed by atoms with E-state index in [1.54, 1.807) is 29.8 Å². The van der Waals surface area contributed by atoms with Crippen molar-refractivity contribution < 1.29 is 9.18 Å². The molecule has 0 unspecified atom stereocenters. The highest BCUT2D eigenvalue weighted by Gasteiger charge is 2.16. The van der Waals surface area contributed by atoms with E-state index in [-0.39, 0.29) is 17.2 Å². The van der Waals surface area contributed by atoms with Gasteiger partial charge in [0.25, 0.3) is 5.56 Å². The number of Topliss-reactive ketones (excluding diaryl/α,β-unsaturated/α-hetero) is 1. The van der Waals surface area contributed by atoms with Crippen molar-refractivity contribution in [3.8, 4) is 11.1 Å². The first-order valence-electron chi connectivity index (χ1n) is 8.27. The molecular formula is C21H17FN2O2. The average molecular weight is 348 g/mol. The number of rotatable bonds is 2. The summed E-state index contributed by atoms with van der Waals surface area (Å²) in [7, 11) is 3.62. The predicted molar refractivity (Wildman–Crippen MR) is 101 cm³/mol. The van der Waals surface area contributed by atoms with Crippen molar-refractivity contribution >= 4 is 27.7 Å². The van der Waals surface area contributed by atoms with Crippen molar-refractivity contribution in [1.82, 2.24) is 9.13 Å². The summed E-state index contributed by atoms with van der Waals surface area (Å²) in [5.41, 5.74) is 3.35. The van der Waals surface area contributed by atoms with Crippen LogP contribution in [0.5, 0.6) is 0 Å². The Balaban J connectivity index is 2.13. The summed E-state index contributed by atoms with van der Waals surface area (Å²) < 4.78 is 16.8. The third-order valence-corrected chi connectivity index (χ3v) is 4.91. The van der Waals surface area contributed by atoms with E-state index in [2.05, 4.69) is 0 Å². The number of aromatic nitrogens is 2. The molecule has 5 heteroatoms. The van der Waals surface area contributed by atoms with Crippen LogP contribution in [0.1, 0.15) is 17.3 Å². The van der Waals surface area contributed by atoms with Gasteiger partial charge >= 0.3 is 0 Å². The van der Waals surface area contributed by atoms with Crippen molar-refractivity contribution in [1.29, 1.82) is 0 Å². The first-order chi connectivity index (χ1) is 12.4. The second-order valence-corrected chi connectivity index (χ2v) is 6.51. The summed E-state index contributed by atoms with van der Waals surface area (Å²) in [5, 5.41) is 1.79. The Kier molecular flexibility index (Phi) is 3.54. The second kappa shape index (κ2) is 5.66. The Hall–Kier alpha value is -3.21. The van der Waals surface area contributed by atoms with Crippen LogP contribution in [-0.2, 0) is 14.1 Å². The van der Waals surface area contributed by atoms with Gasteiger partial charge in [-0.1, -0.05) is 12.1 Å². The van der Waals surface area contributed by atoms with Gasteiger partial charge in [-0.3, -0.25) is 14.2 Å². The molecule has 2 heterocycles. The molecule has 0 spiro atoms. The third-order valence-electron chi connectivity index (χ3n) is 4.91. The van der Waals surface area contributed by atoms with E-state index in [4.69, 9.17) is 0 Å². The Morgan fingerprint density at radius 3 is 2.27 bits per heavy atom. The van der Waals surface area contributed by atoms with Gasteiger partial charge in [0.1, 0.15) is 11.5 Å². The number of pyridine rings is 1. The lowest BCUT2D eigenvalue weighted by Gasteiger charge is -2.08. The van der Waals surface area contributed by atoms with Gasteiger partial charge in [0.2, 0.25) is 0 Å². The SMILES string of the molecule is CC(=O)c1ccc2c(c1)c1cc(-c3ccc(F)cc3)c(=O)n(C)c1n2C. The van der Waals surface area contributed by atoms with Gasteiger partial charge in [0.15, 0.2) is 5.78 Å². The van der Waals surface area contributed by atoms with Crippen LogP contribution in [0.4, 0.5) is 4.39 Å². The van der Waals surface area contributed by atoms with Crippen molar-refractivity contribution in [3.63, 3.8) is 0 Å². The number of carbonyl (C=O) groups excluding carboxylic acids is 1. The molecule has 0 radical (unpaired) electrons. The van der Waals surface area contributed by atoms with E-state index in [1.807, 2.05) is 29.8 Å². The van der Waals surface area contributed by atoms with E-state index in [9.17, 15) is 14.0 Å². The summed E-state index contributed by atoms with van der Waals surface area (Å²) in [6, 6.07) is 13.3. The van der Waals surface area contributed by atoms with Gasteiger partial charge < -0.3 is 4.57 Å². The molecule has 0 amide bonds. The molecule has 0 saturated carbocycles. The van der Waals surface area contributed by atoms with Crippen LogP contribution in [0, 0.1) is 5.82 Å². The Bertz CT molecular complexity index is 1250. The maximum absolute atomic E-state index is 13.2. The molecule has 130 valence electrons. The molecule has 4 aromatic rings. The van der Waals surface area contributed by atoms with Gasteiger partial charge in [-0.15, -0.1) is 0 Å². The highest BCUT2D eigenvalue weighted by molar-refractivity contribution is 6.10. The van der Waals surface area contributed by atoms with E-state index in [1.165, 1.54) is 19.1 Å². The molecule has 2 aromatic heterocycles. The minimum atomic E-state index is -0.345. The van der Waals surface area contributed by atoms with Gasteiger partial charge in [-0.05, 0) is 48.9 Å². The average Bonchev–Trinajstić information content (AvgIpc) is 2.91. The van der Waals surface area contributed by atoms with Gasteiger partial charge in [-0.25, -0.2) is 4.39 Å². The van der Waals surface area contributed by atoms with E-state index in [0.717, 1.165) is 21.9 Å².